The van der Waals surface area contributed by atoms with Crippen LogP contribution in [0, 0.1) is 11.3 Å². The molecule has 0 aliphatic carbocycles. The minimum absolute atomic E-state index is 0.00165. The molecule has 0 unspecified atom stereocenters. The van der Waals surface area contributed by atoms with Gasteiger partial charge in [-0.05, 0) is 54.1 Å². The summed E-state index contributed by atoms with van der Waals surface area (Å²) in [7, 11) is -3.87. The molecule has 0 saturated carbocycles. The van der Waals surface area contributed by atoms with Gasteiger partial charge >= 0.3 is 5.97 Å². The fourth-order valence-corrected chi connectivity index (χ4v) is 3.81. The highest BCUT2D eigenvalue weighted by Gasteiger charge is 2.19. The molecule has 1 N–H and O–H groups in total. The average molecular weight is 471 g/mol. The Hall–Kier alpha value is -3.15. The number of hydrogen-bond donors (Lipinski definition) is 1. The highest BCUT2D eigenvalue weighted by atomic mass is 79.9. The minimum Gasteiger partial charge on any atom is -0.457 e. The molecule has 0 atom stereocenters. The van der Waals surface area contributed by atoms with Crippen LogP contribution in [0.1, 0.15) is 21.5 Å². The van der Waals surface area contributed by atoms with Crippen molar-refractivity contribution in [2.75, 3.05) is 4.72 Å². The number of anilines is 1. The Bertz CT molecular complexity index is 1170. The summed E-state index contributed by atoms with van der Waals surface area (Å²) < 4.78 is 33.7. The van der Waals surface area contributed by atoms with Crippen molar-refractivity contribution >= 4 is 37.6 Å². The molecular weight excluding hydrogens is 456 g/mol. The van der Waals surface area contributed by atoms with Crippen molar-refractivity contribution in [2.24, 2.45) is 0 Å². The van der Waals surface area contributed by atoms with Crippen LogP contribution in [0.5, 0.6) is 0 Å². The quantitative estimate of drug-likeness (QED) is 0.535. The van der Waals surface area contributed by atoms with E-state index in [1.165, 1.54) is 24.3 Å². The van der Waals surface area contributed by atoms with Crippen molar-refractivity contribution in [3.8, 4) is 6.07 Å². The van der Waals surface area contributed by atoms with Crippen molar-refractivity contribution in [1.29, 1.82) is 5.26 Å². The van der Waals surface area contributed by atoms with Gasteiger partial charge in [-0.15, -0.1) is 0 Å². The van der Waals surface area contributed by atoms with E-state index in [2.05, 4.69) is 20.7 Å². The maximum atomic E-state index is 12.6. The number of esters is 1. The van der Waals surface area contributed by atoms with Crippen LogP contribution in [0.2, 0.25) is 0 Å². The summed E-state index contributed by atoms with van der Waals surface area (Å²) in [4.78, 5) is 12.6. The molecule has 0 fully saturated rings. The van der Waals surface area contributed by atoms with Crippen molar-refractivity contribution in [3.63, 3.8) is 0 Å². The van der Waals surface area contributed by atoms with Gasteiger partial charge in [0.15, 0.2) is 0 Å². The van der Waals surface area contributed by atoms with E-state index >= 15 is 0 Å². The third kappa shape index (κ3) is 5.22. The number of carbonyl (C=O) groups excluding carboxylic acids is 1. The number of nitrogens with one attached hydrogen (secondary N) is 1. The fraction of sp³-hybridized carbons (Fsp3) is 0.0476. The van der Waals surface area contributed by atoms with E-state index in [1.54, 1.807) is 48.5 Å². The van der Waals surface area contributed by atoms with Crippen LogP contribution in [0.15, 0.2) is 82.2 Å². The van der Waals surface area contributed by atoms with Gasteiger partial charge in [0.2, 0.25) is 0 Å². The van der Waals surface area contributed by atoms with Crippen LogP contribution < -0.4 is 4.72 Å². The zero-order valence-electron chi connectivity index (χ0n) is 15.0. The smallest absolute Gasteiger partial charge is 0.340 e. The molecule has 0 heterocycles. The third-order valence-corrected chi connectivity index (χ3v) is 5.88. The number of sulfonamides is 1. The molecular formula is C21H15BrN2O4S. The highest BCUT2D eigenvalue weighted by molar-refractivity contribution is 9.10. The van der Waals surface area contributed by atoms with Crippen LogP contribution >= 0.6 is 15.9 Å². The molecule has 3 rings (SSSR count). The second-order valence-electron chi connectivity index (χ2n) is 5.99. The average Bonchev–Trinajstić information content (AvgIpc) is 2.73. The van der Waals surface area contributed by atoms with Crippen LogP contribution in [-0.2, 0) is 21.4 Å². The Balaban J connectivity index is 1.76. The van der Waals surface area contributed by atoms with Gasteiger partial charge in [0.05, 0.1) is 27.8 Å². The van der Waals surface area contributed by atoms with Gasteiger partial charge in [-0.2, -0.15) is 5.26 Å². The summed E-state index contributed by atoms with van der Waals surface area (Å²) >= 11 is 3.26. The second-order valence-corrected chi connectivity index (χ2v) is 8.59. The van der Waals surface area contributed by atoms with Crippen LogP contribution in [0.4, 0.5) is 5.69 Å². The Kier molecular flexibility index (Phi) is 6.32. The Labute approximate surface area is 176 Å². The van der Waals surface area contributed by atoms with E-state index in [9.17, 15) is 13.2 Å². The van der Waals surface area contributed by atoms with E-state index in [4.69, 9.17) is 10.00 Å². The van der Waals surface area contributed by atoms with Crippen LogP contribution in [0.3, 0.4) is 0 Å². The predicted octanol–water partition coefficient (Wildman–Crippen LogP) is 4.48. The van der Waals surface area contributed by atoms with E-state index in [0.717, 1.165) is 4.47 Å². The normalized spacial score (nSPS) is 10.8. The van der Waals surface area contributed by atoms with Gasteiger partial charge < -0.3 is 4.74 Å². The van der Waals surface area contributed by atoms with Crippen LogP contribution in [-0.4, -0.2) is 14.4 Å². The molecule has 0 bridgehead atoms. The zero-order valence-corrected chi connectivity index (χ0v) is 17.4. The number of para-hydroxylation sites is 1. The van der Waals surface area contributed by atoms with Gasteiger partial charge in [0, 0.05) is 4.47 Å². The van der Waals surface area contributed by atoms with Crippen molar-refractivity contribution in [1.82, 2.24) is 0 Å². The second kappa shape index (κ2) is 8.90. The SMILES string of the molecule is N#Cc1ccc(COC(=O)c2ccccc2NS(=O)(=O)c2ccc(Br)cc2)cc1. The highest BCUT2D eigenvalue weighted by Crippen LogP contribution is 2.22. The maximum absolute atomic E-state index is 12.6. The summed E-state index contributed by atoms with van der Waals surface area (Å²) in [6.07, 6.45) is 0. The molecule has 0 aromatic heterocycles. The first kappa shape index (κ1) is 20.6. The molecule has 3 aromatic carbocycles. The molecule has 0 aliphatic rings. The predicted molar refractivity (Wildman–Crippen MR) is 112 cm³/mol. The van der Waals surface area contributed by atoms with Crippen molar-refractivity contribution in [3.05, 3.63) is 94.0 Å². The molecule has 6 nitrogen and oxygen atoms in total. The number of rotatable bonds is 6. The largest absolute Gasteiger partial charge is 0.457 e. The Morgan fingerprint density at radius 1 is 1.00 bits per heavy atom. The van der Waals surface area contributed by atoms with Crippen molar-refractivity contribution < 1.29 is 17.9 Å². The lowest BCUT2D eigenvalue weighted by atomic mass is 10.1. The monoisotopic (exact) mass is 470 g/mol. The van der Waals surface area contributed by atoms with Gasteiger partial charge in [0.25, 0.3) is 10.0 Å². The topological polar surface area (TPSA) is 96.3 Å². The Morgan fingerprint density at radius 2 is 1.66 bits per heavy atom. The summed E-state index contributed by atoms with van der Waals surface area (Å²) in [5.74, 6) is -0.663. The number of benzene rings is 3. The summed E-state index contributed by atoms with van der Waals surface area (Å²) in [5, 5.41) is 8.82. The van der Waals surface area contributed by atoms with E-state index in [1.807, 2.05) is 6.07 Å². The number of nitriles is 1. The summed E-state index contributed by atoms with van der Waals surface area (Å²) in [5.41, 5.74) is 1.44. The number of carbonyl (C=O) groups is 1. The molecule has 0 radical (unpaired) electrons. The molecule has 8 heteroatoms. The number of nitrogens with zero attached hydrogens (tertiary/aromatic N) is 1. The minimum atomic E-state index is -3.87. The zero-order chi connectivity index (χ0) is 20.9. The van der Waals surface area contributed by atoms with Crippen molar-refractivity contribution in [2.45, 2.75) is 11.5 Å². The summed E-state index contributed by atoms with van der Waals surface area (Å²) in [6, 6.07) is 21.0. The van der Waals surface area contributed by atoms with E-state index in [0.29, 0.717) is 11.1 Å². The molecule has 0 amide bonds. The van der Waals surface area contributed by atoms with Gasteiger partial charge in [-0.1, -0.05) is 40.2 Å². The standard InChI is InChI=1S/C21H15BrN2O4S/c22-17-9-11-18(12-10-17)29(26,27)24-20-4-2-1-3-19(20)21(25)28-14-16-7-5-15(13-23)6-8-16/h1-12,24H,14H2. The lowest BCUT2D eigenvalue weighted by Gasteiger charge is -2.12. The maximum Gasteiger partial charge on any atom is 0.340 e. The molecule has 146 valence electrons. The van der Waals surface area contributed by atoms with Gasteiger partial charge in [0.1, 0.15) is 6.61 Å². The van der Waals surface area contributed by atoms with E-state index < -0.39 is 16.0 Å². The van der Waals surface area contributed by atoms with Gasteiger partial charge in [-0.25, -0.2) is 13.2 Å². The number of halogens is 1. The van der Waals surface area contributed by atoms with Gasteiger partial charge in [-0.3, -0.25) is 4.72 Å². The molecule has 0 saturated heterocycles. The Morgan fingerprint density at radius 3 is 2.31 bits per heavy atom. The molecule has 3 aromatic rings. The first-order valence-corrected chi connectivity index (χ1v) is 10.7. The first-order chi connectivity index (χ1) is 13.9. The molecule has 0 aliphatic heterocycles. The number of hydrogen-bond acceptors (Lipinski definition) is 5. The fourth-order valence-electron chi connectivity index (χ4n) is 2.47. The third-order valence-electron chi connectivity index (χ3n) is 3.97. The summed E-state index contributed by atoms with van der Waals surface area (Å²) in [6.45, 7) is -0.00165. The van der Waals surface area contributed by atoms with Crippen LogP contribution in [0.25, 0.3) is 0 Å². The lowest BCUT2D eigenvalue weighted by Crippen LogP contribution is -2.16. The molecule has 0 spiro atoms. The molecule has 29 heavy (non-hydrogen) atoms. The number of ether oxygens (including phenoxy) is 1. The van der Waals surface area contributed by atoms with E-state index in [-0.39, 0.29) is 22.8 Å². The first-order valence-electron chi connectivity index (χ1n) is 8.42. The lowest BCUT2D eigenvalue weighted by molar-refractivity contribution is 0.0474.